The Hall–Kier alpha value is -1.23. The Kier molecular flexibility index (Phi) is 5.49. The van der Waals surface area contributed by atoms with E-state index < -0.39 is 0 Å². The number of likely N-dealkylation sites (tertiary alicyclic amines) is 2. The first-order valence-corrected chi connectivity index (χ1v) is 10.4. The fourth-order valence-corrected chi connectivity index (χ4v) is 5.14. The first kappa shape index (κ1) is 17.2. The zero-order valence-corrected chi connectivity index (χ0v) is 15.6. The summed E-state index contributed by atoms with van der Waals surface area (Å²) in [7, 11) is 0. The molecule has 1 aromatic heterocycles. The van der Waals surface area contributed by atoms with Crippen LogP contribution in [0.3, 0.4) is 0 Å². The molecule has 2 fully saturated rings. The highest BCUT2D eigenvalue weighted by molar-refractivity contribution is 7.10. The number of nitrogens with zero attached hydrogens (tertiary/aromatic N) is 2. The van der Waals surface area contributed by atoms with E-state index in [-0.39, 0.29) is 5.82 Å². The number of piperidine rings is 1. The quantitative estimate of drug-likeness (QED) is 0.724. The predicted molar refractivity (Wildman–Crippen MR) is 102 cm³/mol. The van der Waals surface area contributed by atoms with Gasteiger partial charge in [-0.1, -0.05) is 18.6 Å². The van der Waals surface area contributed by atoms with E-state index in [1.54, 1.807) is 12.1 Å². The van der Waals surface area contributed by atoms with Crippen molar-refractivity contribution in [2.24, 2.45) is 0 Å². The van der Waals surface area contributed by atoms with Gasteiger partial charge in [-0.3, -0.25) is 9.80 Å². The van der Waals surface area contributed by atoms with Crippen molar-refractivity contribution >= 4 is 11.3 Å². The second-order valence-corrected chi connectivity index (χ2v) is 8.43. The van der Waals surface area contributed by atoms with Crippen LogP contribution in [0.25, 0.3) is 0 Å². The highest BCUT2D eigenvalue weighted by Crippen LogP contribution is 2.33. The van der Waals surface area contributed by atoms with Crippen molar-refractivity contribution in [3.05, 3.63) is 57.5 Å². The maximum atomic E-state index is 13.3. The lowest BCUT2D eigenvalue weighted by Crippen LogP contribution is -2.32. The fourth-order valence-electron chi connectivity index (χ4n) is 4.23. The first-order chi connectivity index (χ1) is 12.3. The van der Waals surface area contributed by atoms with Crippen LogP contribution in [0.4, 0.5) is 4.39 Å². The molecule has 1 aromatic carbocycles. The Morgan fingerprint density at radius 1 is 0.960 bits per heavy atom. The Bertz CT molecular complexity index is 675. The van der Waals surface area contributed by atoms with E-state index in [1.165, 1.54) is 61.2 Å². The van der Waals surface area contributed by atoms with Gasteiger partial charge in [-0.25, -0.2) is 4.39 Å². The standard InChI is InChI=1S/C21H27FN2S/c22-19-8-6-18(7-9-19)21-5-1-2-12-24(21)15-20-13-17(16-25-20)14-23-10-3-4-11-23/h6-9,13,16,21H,1-5,10-12,14-15H2/t21-/m1/s1. The summed E-state index contributed by atoms with van der Waals surface area (Å²) in [5.74, 6) is -0.143. The molecule has 0 N–H and O–H groups in total. The molecule has 4 rings (SSSR count). The number of hydrogen-bond acceptors (Lipinski definition) is 3. The van der Waals surface area contributed by atoms with Crippen molar-refractivity contribution in [2.45, 2.75) is 51.2 Å². The van der Waals surface area contributed by atoms with Gasteiger partial charge in [0.15, 0.2) is 0 Å². The maximum Gasteiger partial charge on any atom is 0.123 e. The van der Waals surface area contributed by atoms with Crippen LogP contribution in [0.15, 0.2) is 35.7 Å². The van der Waals surface area contributed by atoms with Gasteiger partial charge in [0.25, 0.3) is 0 Å². The van der Waals surface area contributed by atoms with Crippen LogP contribution in [0.2, 0.25) is 0 Å². The van der Waals surface area contributed by atoms with Crippen LogP contribution in [-0.2, 0) is 13.1 Å². The molecule has 1 atom stereocenters. The molecule has 0 unspecified atom stereocenters. The third-order valence-electron chi connectivity index (χ3n) is 5.54. The van der Waals surface area contributed by atoms with E-state index in [9.17, 15) is 4.39 Å². The normalized spacial score (nSPS) is 22.5. The minimum Gasteiger partial charge on any atom is -0.299 e. The predicted octanol–water partition coefficient (Wildman–Crippen LogP) is 5.21. The molecule has 134 valence electrons. The summed E-state index contributed by atoms with van der Waals surface area (Å²) < 4.78 is 13.3. The van der Waals surface area contributed by atoms with Crippen LogP contribution in [0.1, 0.15) is 54.1 Å². The Labute approximate surface area is 154 Å². The molecule has 0 spiro atoms. The number of halogens is 1. The summed E-state index contributed by atoms with van der Waals surface area (Å²) in [5.41, 5.74) is 2.73. The summed E-state index contributed by atoms with van der Waals surface area (Å²) in [6, 6.07) is 9.96. The van der Waals surface area contributed by atoms with Gasteiger partial charge in [0, 0.05) is 24.0 Å². The molecule has 3 heterocycles. The maximum absolute atomic E-state index is 13.3. The van der Waals surface area contributed by atoms with E-state index >= 15 is 0 Å². The van der Waals surface area contributed by atoms with Crippen molar-refractivity contribution in [3.8, 4) is 0 Å². The van der Waals surface area contributed by atoms with Gasteiger partial charge < -0.3 is 0 Å². The second kappa shape index (κ2) is 7.98. The Balaban J connectivity index is 1.42. The molecule has 2 aliphatic heterocycles. The molecule has 25 heavy (non-hydrogen) atoms. The molecule has 0 radical (unpaired) electrons. The van der Waals surface area contributed by atoms with Crippen molar-refractivity contribution in [2.75, 3.05) is 19.6 Å². The molecule has 4 heteroatoms. The number of hydrogen-bond donors (Lipinski definition) is 0. The minimum atomic E-state index is -0.143. The minimum absolute atomic E-state index is 0.143. The molecule has 0 saturated carbocycles. The van der Waals surface area contributed by atoms with Crippen molar-refractivity contribution in [1.82, 2.24) is 9.80 Å². The Morgan fingerprint density at radius 2 is 1.72 bits per heavy atom. The summed E-state index contributed by atoms with van der Waals surface area (Å²) in [4.78, 5) is 6.61. The SMILES string of the molecule is Fc1ccc([C@H]2CCCCN2Cc2cc(CN3CCCC3)cs2)cc1. The van der Waals surface area contributed by atoms with E-state index in [0.29, 0.717) is 6.04 Å². The highest BCUT2D eigenvalue weighted by atomic mass is 32.1. The van der Waals surface area contributed by atoms with Gasteiger partial charge in [-0.2, -0.15) is 0 Å². The number of thiophene rings is 1. The van der Waals surface area contributed by atoms with Gasteiger partial charge in [-0.15, -0.1) is 11.3 Å². The molecular weight excluding hydrogens is 331 g/mol. The average Bonchev–Trinajstić information content (AvgIpc) is 3.29. The molecule has 0 bridgehead atoms. The third kappa shape index (κ3) is 4.30. The van der Waals surface area contributed by atoms with Crippen LogP contribution in [-0.4, -0.2) is 29.4 Å². The van der Waals surface area contributed by atoms with Crippen LogP contribution in [0.5, 0.6) is 0 Å². The number of benzene rings is 1. The van der Waals surface area contributed by atoms with Crippen LogP contribution < -0.4 is 0 Å². The largest absolute Gasteiger partial charge is 0.299 e. The molecule has 0 amide bonds. The summed E-state index contributed by atoms with van der Waals surface area (Å²) in [6.07, 6.45) is 6.42. The highest BCUT2D eigenvalue weighted by Gasteiger charge is 2.24. The summed E-state index contributed by atoms with van der Waals surface area (Å²) in [6.45, 7) is 5.78. The molecule has 2 aliphatic rings. The lowest BCUT2D eigenvalue weighted by atomic mass is 9.95. The molecule has 2 saturated heterocycles. The van der Waals surface area contributed by atoms with Gasteiger partial charge >= 0.3 is 0 Å². The first-order valence-electron chi connectivity index (χ1n) is 9.56. The second-order valence-electron chi connectivity index (χ2n) is 7.44. The molecule has 2 aromatic rings. The number of rotatable bonds is 5. The van der Waals surface area contributed by atoms with Crippen LogP contribution in [0, 0.1) is 5.82 Å². The lowest BCUT2D eigenvalue weighted by Gasteiger charge is -2.35. The van der Waals surface area contributed by atoms with Crippen LogP contribution >= 0.6 is 11.3 Å². The monoisotopic (exact) mass is 358 g/mol. The summed E-state index contributed by atoms with van der Waals surface area (Å²) >= 11 is 1.90. The molecule has 2 nitrogen and oxygen atoms in total. The van der Waals surface area contributed by atoms with Crippen molar-refractivity contribution in [3.63, 3.8) is 0 Å². The zero-order valence-electron chi connectivity index (χ0n) is 14.8. The summed E-state index contributed by atoms with van der Waals surface area (Å²) in [5, 5.41) is 2.34. The topological polar surface area (TPSA) is 6.48 Å². The average molecular weight is 359 g/mol. The van der Waals surface area contributed by atoms with Gasteiger partial charge in [-0.05, 0) is 80.0 Å². The smallest absolute Gasteiger partial charge is 0.123 e. The van der Waals surface area contributed by atoms with Crippen molar-refractivity contribution < 1.29 is 4.39 Å². The zero-order chi connectivity index (χ0) is 17.1. The van der Waals surface area contributed by atoms with E-state index in [4.69, 9.17) is 0 Å². The lowest BCUT2D eigenvalue weighted by molar-refractivity contribution is 0.141. The third-order valence-corrected chi connectivity index (χ3v) is 6.51. The van der Waals surface area contributed by atoms with Gasteiger partial charge in [0.05, 0.1) is 0 Å². The Morgan fingerprint density at radius 3 is 2.52 bits per heavy atom. The van der Waals surface area contributed by atoms with Gasteiger partial charge in [0.1, 0.15) is 5.82 Å². The fraction of sp³-hybridized carbons (Fsp3) is 0.524. The van der Waals surface area contributed by atoms with E-state index in [1.807, 2.05) is 23.5 Å². The molecular formula is C21H27FN2S. The molecule has 0 aliphatic carbocycles. The van der Waals surface area contributed by atoms with Crippen molar-refractivity contribution in [1.29, 1.82) is 0 Å². The van der Waals surface area contributed by atoms with E-state index in [2.05, 4.69) is 21.2 Å². The van der Waals surface area contributed by atoms with E-state index in [0.717, 1.165) is 19.6 Å². The van der Waals surface area contributed by atoms with Gasteiger partial charge in [0.2, 0.25) is 0 Å².